The van der Waals surface area contributed by atoms with Crippen molar-refractivity contribution in [2.24, 2.45) is 12.2 Å². The summed E-state index contributed by atoms with van der Waals surface area (Å²) in [7, 11) is 1.79. The molecule has 2 heterocycles. The Morgan fingerprint density at radius 1 is 1.15 bits per heavy atom. The number of carbonyl (C=O) groups excluding carboxylic acids is 1. The summed E-state index contributed by atoms with van der Waals surface area (Å²) in [6, 6.07) is 3.47. The summed E-state index contributed by atoms with van der Waals surface area (Å²) >= 11 is 5.90. The lowest BCUT2D eigenvalue weighted by molar-refractivity contribution is -0.292. The number of ether oxygens (including phenoxy) is 1. The molecular formula is C17H11ClF8N4O3. The largest absolute Gasteiger partial charge is 0.465 e. The van der Waals surface area contributed by atoms with Crippen molar-refractivity contribution in [2.45, 2.75) is 18.3 Å². The number of methoxy groups -OCH3 is 1. The van der Waals surface area contributed by atoms with Crippen molar-refractivity contribution in [1.29, 1.82) is 0 Å². The second kappa shape index (κ2) is 8.04. The zero-order valence-electron chi connectivity index (χ0n) is 16.4. The van der Waals surface area contributed by atoms with E-state index >= 15 is 0 Å². The van der Waals surface area contributed by atoms with Crippen molar-refractivity contribution in [3.05, 3.63) is 45.6 Å². The van der Waals surface area contributed by atoms with Crippen molar-refractivity contribution in [3.8, 4) is 0 Å². The predicted octanol–water partition coefficient (Wildman–Crippen LogP) is 4.69. The maximum absolute atomic E-state index is 13.9. The molecule has 0 saturated heterocycles. The Kier molecular flexibility index (Phi) is 5.98. The molecule has 0 fully saturated rings. The zero-order chi connectivity index (χ0) is 24.9. The van der Waals surface area contributed by atoms with Gasteiger partial charge >= 0.3 is 24.2 Å². The topological polar surface area (TPSA) is 69.0 Å². The van der Waals surface area contributed by atoms with E-state index in [1.807, 2.05) is 0 Å². The van der Waals surface area contributed by atoms with Crippen LogP contribution in [0, 0.1) is 0 Å². The number of amidine groups is 1. The summed E-state index contributed by atoms with van der Waals surface area (Å²) in [6.45, 7) is -0.787. The molecule has 180 valence electrons. The van der Waals surface area contributed by atoms with Crippen LogP contribution >= 0.6 is 11.6 Å². The lowest BCUT2D eigenvalue weighted by atomic mass is 10.1. The fourth-order valence-electron chi connectivity index (χ4n) is 3.00. The number of aryl methyl sites for hydroxylation is 1. The number of carbonyl (C=O) groups is 1. The highest BCUT2D eigenvalue weighted by Gasteiger charge is 2.64. The number of hydrogen-bond donors (Lipinski definition) is 0. The Balaban J connectivity index is 2.20. The van der Waals surface area contributed by atoms with Crippen molar-refractivity contribution in [1.82, 2.24) is 9.78 Å². The first-order chi connectivity index (χ1) is 15.1. The molecule has 1 aromatic heterocycles. The SMILES string of the molecule is COC(=O)c1cc(C2=NOCN2c2c(C(F)(F)F)c(C(F)(F)C(F)(F)F)nn2C)ccc1Cl. The third-order valence-electron chi connectivity index (χ3n) is 4.43. The molecular weight excluding hydrogens is 496 g/mol. The van der Waals surface area contributed by atoms with E-state index in [9.17, 15) is 39.9 Å². The van der Waals surface area contributed by atoms with Crippen molar-refractivity contribution in [3.63, 3.8) is 0 Å². The third kappa shape index (κ3) is 4.16. The minimum atomic E-state index is -6.34. The molecule has 0 unspecified atom stereocenters. The van der Waals surface area contributed by atoms with Gasteiger partial charge in [-0.05, 0) is 18.2 Å². The molecule has 0 aliphatic carbocycles. The van der Waals surface area contributed by atoms with Crippen molar-refractivity contribution in [2.75, 3.05) is 18.7 Å². The average molecular weight is 507 g/mol. The Labute approximate surface area is 184 Å². The first kappa shape index (κ1) is 24.5. The zero-order valence-corrected chi connectivity index (χ0v) is 17.1. The monoisotopic (exact) mass is 506 g/mol. The Morgan fingerprint density at radius 3 is 2.33 bits per heavy atom. The Morgan fingerprint density at radius 2 is 1.79 bits per heavy atom. The standard InChI is InChI=1S/C17H11ClF8N4O3/c1-29-13(10(16(21,22)23)11(27-29)15(19,20)17(24,25)26)30-6-33-28-12(30)7-3-4-9(18)8(5-7)14(31)32-2/h3-5H,6H2,1-2H3. The molecule has 1 aliphatic rings. The maximum atomic E-state index is 13.9. The molecule has 1 aliphatic heterocycles. The van der Waals surface area contributed by atoms with Crippen LogP contribution in [-0.2, 0) is 28.7 Å². The molecule has 2 aromatic rings. The number of oxime groups is 1. The van der Waals surface area contributed by atoms with Gasteiger partial charge in [-0.3, -0.25) is 9.58 Å². The van der Waals surface area contributed by atoms with E-state index in [2.05, 4.69) is 15.0 Å². The van der Waals surface area contributed by atoms with E-state index in [4.69, 9.17) is 16.4 Å². The highest BCUT2D eigenvalue weighted by atomic mass is 35.5. The van der Waals surface area contributed by atoms with Gasteiger partial charge in [0.15, 0.2) is 18.3 Å². The highest BCUT2D eigenvalue weighted by Crippen LogP contribution is 2.50. The van der Waals surface area contributed by atoms with Crippen LogP contribution < -0.4 is 4.90 Å². The fraction of sp³-hybridized carbons (Fsp3) is 0.353. The molecule has 0 N–H and O–H groups in total. The average Bonchev–Trinajstić information content (AvgIpc) is 3.30. The number of benzene rings is 1. The molecule has 16 heteroatoms. The summed E-state index contributed by atoms with van der Waals surface area (Å²) in [4.78, 5) is 17.2. The number of nitrogens with zero attached hydrogens (tertiary/aromatic N) is 4. The van der Waals surface area contributed by atoms with Crippen LogP contribution in [0.4, 0.5) is 40.9 Å². The molecule has 33 heavy (non-hydrogen) atoms. The van der Waals surface area contributed by atoms with Crippen LogP contribution in [0.15, 0.2) is 23.4 Å². The van der Waals surface area contributed by atoms with E-state index in [0.29, 0.717) is 4.90 Å². The molecule has 0 bridgehead atoms. The molecule has 0 atom stereocenters. The fourth-order valence-corrected chi connectivity index (χ4v) is 3.19. The smallest absolute Gasteiger partial charge is 0.459 e. The number of halogens is 9. The first-order valence-electron chi connectivity index (χ1n) is 8.56. The van der Waals surface area contributed by atoms with Gasteiger partial charge in [-0.15, -0.1) is 0 Å². The molecule has 1 aromatic carbocycles. The van der Waals surface area contributed by atoms with Gasteiger partial charge in [-0.2, -0.15) is 40.2 Å². The van der Waals surface area contributed by atoms with E-state index < -0.39 is 53.9 Å². The second-order valence-corrected chi connectivity index (χ2v) is 6.94. The van der Waals surface area contributed by atoms with Gasteiger partial charge in [-0.25, -0.2) is 4.79 Å². The highest BCUT2D eigenvalue weighted by molar-refractivity contribution is 6.33. The van der Waals surface area contributed by atoms with E-state index in [-0.39, 0.29) is 20.8 Å². The number of esters is 1. The van der Waals surface area contributed by atoms with Gasteiger partial charge in [0.05, 0.1) is 17.7 Å². The molecule has 0 amide bonds. The van der Waals surface area contributed by atoms with Gasteiger partial charge in [0.25, 0.3) is 0 Å². The number of hydrogen-bond acceptors (Lipinski definition) is 6. The van der Waals surface area contributed by atoms with E-state index in [1.54, 1.807) is 0 Å². The van der Waals surface area contributed by atoms with Gasteiger partial charge in [0, 0.05) is 12.6 Å². The van der Waals surface area contributed by atoms with E-state index in [0.717, 1.165) is 20.2 Å². The first-order valence-corrected chi connectivity index (χ1v) is 8.94. The van der Waals surface area contributed by atoms with Gasteiger partial charge in [0.1, 0.15) is 11.4 Å². The molecule has 7 nitrogen and oxygen atoms in total. The number of aromatic nitrogens is 2. The lowest BCUT2D eigenvalue weighted by Crippen LogP contribution is -2.36. The van der Waals surface area contributed by atoms with Gasteiger partial charge in [-0.1, -0.05) is 16.8 Å². The number of anilines is 1. The number of rotatable bonds is 4. The third-order valence-corrected chi connectivity index (χ3v) is 4.76. The van der Waals surface area contributed by atoms with Crippen LogP contribution in [-0.4, -0.2) is 41.6 Å². The quantitative estimate of drug-likeness (QED) is 0.445. The summed E-state index contributed by atoms with van der Waals surface area (Å²) in [5, 5.41) is 6.29. The lowest BCUT2D eigenvalue weighted by Gasteiger charge is -2.22. The predicted molar refractivity (Wildman–Crippen MR) is 95.9 cm³/mol. The van der Waals surface area contributed by atoms with Gasteiger partial charge < -0.3 is 9.57 Å². The van der Waals surface area contributed by atoms with Crippen molar-refractivity contribution < 1.29 is 49.5 Å². The second-order valence-electron chi connectivity index (χ2n) is 6.53. The normalized spacial score (nSPS) is 14.9. The van der Waals surface area contributed by atoms with Crippen LogP contribution in [0.1, 0.15) is 27.2 Å². The summed E-state index contributed by atoms with van der Waals surface area (Å²) in [5.74, 6) is -8.44. The van der Waals surface area contributed by atoms with Crippen LogP contribution in [0.5, 0.6) is 0 Å². The Bertz CT molecular complexity index is 1130. The minimum Gasteiger partial charge on any atom is -0.465 e. The van der Waals surface area contributed by atoms with Crippen LogP contribution in [0.25, 0.3) is 0 Å². The van der Waals surface area contributed by atoms with Crippen LogP contribution in [0.3, 0.4) is 0 Å². The molecule has 0 radical (unpaired) electrons. The number of alkyl halides is 8. The molecule has 0 spiro atoms. The summed E-state index contributed by atoms with van der Waals surface area (Å²) < 4.78 is 112. The molecule has 3 rings (SSSR count). The summed E-state index contributed by atoms with van der Waals surface area (Å²) in [6.07, 6.45) is -12.0. The maximum Gasteiger partial charge on any atom is 0.459 e. The van der Waals surface area contributed by atoms with Gasteiger partial charge in [0.2, 0.25) is 0 Å². The van der Waals surface area contributed by atoms with E-state index in [1.165, 1.54) is 12.1 Å². The summed E-state index contributed by atoms with van der Waals surface area (Å²) in [5.41, 5.74) is -5.14. The molecule has 0 saturated carbocycles. The minimum absolute atomic E-state index is 0.0734. The van der Waals surface area contributed by atoms with Crippen molar-refractivity contribution >= 4 is 29.2 Å². The van der Waals surface area contributed by atoms with Crippen LogP contribution in [0.2, 0.25) is 5.02 Å². The Hall–Kier alpha value is -3.10.